The average Bonchev–Trinajstić information content (AvgIpc) is 2.75. The van der Waals surface area contributed by atoms with E-state index in [9.17, 15) is 4.79 Å². The first-order valence-electron chi connectivity index (χ1n) is 7.73. The van der Waals surface area contributed by atoms with Crippen molar-refractivity contribution in [2.45, 2.75) is 57.4 Å². The highest BCUT2D eigenvalue weighted by molar-refractivity contribution is 5.81. The van der Waals surface area contributed by atoms with Crippen LogP contribution >= 0.6 is 0 Å². The summed E-state index contributed by atoms with van der Waals surface area (Å²) >= 11 is 0. The SMILES string of the molecule is CCOC(=O)C1(c2nc(CN(C)C)no2)CCCCCC1. The topological polar surface area (TPSA) is 68.5 Å². The van der Waals surface area contributed by atoms with Crippen LogP contribution in [0.4, 0.5) is 0 Å². The van der Waals surface area contributed by atoms with Gasteiger partial charge >= 0.3 is 5.97 Å². The van der Waals surface area contributed by atoms with Crippen LogP contribution in [-0.4, -0.2) is 41.7 Å². The molecule has 1 fully saturated rings. The number of rotatable bonds is 5. The predicted octanol–water partition coefficient (Wildman–Crippen LogP) is 2.29. The fraction of sp³-hybridized carbons (Fsp3) is 0.800. The molecule has 0 saturated heterocycles. The third kappa shape index (κ3) is 3.61. The lowest BCUT2D eigenvalue weighted by Gasteiger charge is -2.26. The summed E-state index contributed by atoms with van der Waals surface area (Å²) < 4.78 is 10.8. The fourth-order valence-corrected chi connectivity index (χ4v) is 2.90. The zero-order chi connectivity index (χ0) is 15.3. The maximum atomic E-state index is 12.5. The molecule has 1 aromatic rings. The van der Waals surface area contributed by atoms with Gasteiger partial charge < -0.3 is 14.2 Å². The number of hydrogen-bond donors (Lipinski definition) is 0. The number of aromatic nitrogens is 2. The molecule has 0 amide bonds. The van der Waals surface area contributed by atoms with E-state index in [1.807, 2.05) is 25.9 Å². The van der Waals surface area contributed by atoms with Crippen molar-refractivity contribution >= 4 is 5.97 Å². The minimum Gasteiger partial charge on any atom is -0.465 e. The summed E-state index contributed by atoms with van der Waals surface area (Å²) in [6.45, 7) is 2.80. The third-order valence-corrected chi connectivity index (χ3v) is 3.96. The molecule has 2 rings (SSSR count). The van der Waals surface area contributed by atoms with Crippen molar-refractivity contribution < 1.29 is 14.1 Å². The Kier molecular flexibility index (Phi) is 5.33. The summed E-state index contributed by atoms with van der Waals surface area (Å²) in [5.41, 5.74) is -0.746. The standard InChI is InChI=1S/C15H25N3O3/c1-4-20-14(19)15(9-7-5-6-8-10-15)13-16-12(17-21-13)11-18(2)3/h4-11H2,1-3H3. The molecule has 0 bridgehead atoms. The highest BCUT2D eigenvalue weighted by Gasteiger charge is 2.46. The predicted molar refractivity (Wildman–Crippen MR) is 77.7 cm³/mol. The molecule has 1 saturated carbocycles. The van der Waals surface area contributed by atoms with Gasteiger partial charge in [0, 0.05) is 0 Å². The zero-order valence-electron chi connectivity index (χ0n) is 13.2. The van der Waals surface area contributed by atoms with Gasteiger partial charge in [-0.25, -0.2) is 0 Å². The highest BCUT2D eigenvalue weighted by Crippen LogP contribution is 2.38. The molecule has 1 heterocycles. The van der Waals surface area contributed by atoms with Gasteiger partial charge in [-0.2, -0.15) is 4.98 Å². The molecule has 21 heavy (non-hydrogen) atoms. The molecule has 0 aliphatic heterocycles. The Morgan fingerprint density at radius 3 is 2.52 bits per heavy atom. The van der Waals surface area contributed by atoms with Crippen LogP contribution < -0.4 is 0 Å². The Morgan fingerprint density at radius 2 is 1.95 bits per heavy atom. The molecule has 0 aromatic carbocycles. The Bertz CT molecular complexity index is 462. The average molecular weight is 295 g/mol. The molecule has 1 aliphatic rings. The highest BCUT2D eigenvalue weighted by atomic mass is 16.5. The molecule has 118 valence electrons. The summed E-state index contributed by atoms with van der Waals surface area (Å²) in [4.78, 5) is 19.0. The van der Waals surface area contributed by atoms with Crippen LogP contribution in [0.25, 0.3) is 0 Å². The van der Waals surface area contributed by atoms with Crippen molar-refractivity contribution in [2.75, 3.05) is 20.7 Å². The van der Waals surface area contributed by atoms with Crippen molar-refractivity contribution in [3.05, 3.63) is 11.7 Å². The number of ether oxygens (including phenoxy) is 1. The van der Waals surface area contributed by atoms with E-state index in [1.54, 1.807) is 0 Å². The van der Waals surface area contributed by atoms with Gasteiger partial charge in [-0.3, -0.25) is 4.79 Å². The second-order valence-corrected chi connectivity index (χ2v) is 5.97. The lowest BCUT2D eigenvalue weighted by Crippen LogP contribution is -2.37. The maximum Gasteiger partial charge on any atom is 0.321 e. The second-order valence-electron chi connectivity index (χ2n) is 5.97. The monoisotopic (exact) mass is 295 g/mol. The zero-order valence-corrected chi connectivity index (χ0v) is 13.2. The van der Waals surface area contributed by atoms with E-state index in [1.165, 1.54) is 0 Å². The van der Waals surface area contributed by atoms with Crippen LogP contribution in [0.2, 0.25) is 0 Å². The first kappa shape index (κ1) is 15.9. The third-order valence-electron chi connectivity index (χ3n) is 3.96. The van der Waals surface area contributed by atoms with Crippen LogP contribution in [0.15, 0.2) is 4.52 Å². The molecule has 6 nitrogen and oxygen atoms in total. The van der Waals surface area contributed by atoms with Crippen molar-refractivity contribution in [3.63, 3.8) is 0 Å². The summed E-state index contributed by atoms with van der Waals surface area (Å²) in [5, 5.41) is 4.01. The van der Waals surface area contributed by atoms with Gasteiger partial charge in [0.1, 0.15) is 5.41 Å². The molecule has 0 spiro atoms. The van der Waals surface area contributed by atoms with E-state index in [0.29, 0.717) is 24.9 Å². The molecule has 0 unspecified atom stereocenters. The lowest BCUT2D eigenvalue weighted by molar-refractivity contribution is -0.152. The van der Waals surface area contributed by atoms with Gasteiger partial charge in [-0.1, -0.05) is 30.8 Å². The van der Waals surface area contributed by atoms with Crippen molar-refractivity contribution in [3.8, 4) is 0 Å². The van der Waals surface area contributed by atoms with Crippen LogP contribution in [0.3, 0.4) is 0 Å². The number of nitrogens with zero attached hydrogens (tertiary/aromatic N) is 3. The quantitative estimate of drug-likeness (QED) is 0.613. The van der Waals surface area contributed by atoms with E-state index in [2.05, 4.69) is 10.1 Å². The van der Waals surface area contributed by atoms with E-state index in [-0.39, 0.29) is 5.97 Å². The Labute approximate surface area is 125 Å². The Morgan fingerprint density at radius 1 is 1.29 bits per heavy atom. The Balaban J connectivity index is 2.29. The number of esters is 1. The van der Waals surface area contributed by atoms with Crippen LogP contribution in [0.1, 0.15) is 57.2 Å². The van der Waals surface area contributed by atoms with Gasteiger partial charge in [0.15, 0.2) is 5.82 Å². The van der Waals surface area contributed by atoms with E-state index >= 15 is 0 Å². The summed E-state index contributed by atoms with van der Waals surface area (Å²) in [5.74, 6) is 0.828. The minimum absolute atomic E-state index is 0.216. The summed E-state index contributed by atoms with van der Waals surface area (Å²) in [6, 6.07) is 0. The van der Waals surface area contributed by atoms with Gasteiger partial charge in [-0.05, 0) is 33.9 Å². The molecule has 0 N–H and O–H groups in total. The molecule has 6 heteroatoms. The summed E-state index contributed by atoms with van der Waals surface area (Å²) in [7, 11) is 3.89. The number of carbonyl (C=O) groups excluding carboxylic acids is 1. The van der Waals surface area contributed by atoms with E-state index < -0.39 is 5.41 Å². The van der Waals surface area contributed by atoms with Gasteiger partial charge in [-0.15, -0.1) is 0 Å². The van der Waals surface area contributed by atoms with Crippen molar-refractivity contribution in [1.82, 2.24) is 15.0 Å². The van der Waals surface area contributed by atoms with E-state index in [0.717, 1.165) is 38.5 Å². The molecule has 0 radical (unpaired) electrons. The second kappa shape index (κ2) is 7.02. The normalized spacial score (nSPS) is 18.5. The maximum absolute atomic E-state index is 12.5. The number of hydrogen-bond acceptors (Lipinski definition) is 6. The van der Waals surface area contributed by atoms with Crippen LogP contribution in [0, 0.1) is 0 Å². The molecule has 1 aliphatic carbocycles. The first-order chi connectivity index (χ1) is 10.1. The summed E-state index contributed by atoms with van der Waals surface area (Å²) in [6.07, 6.45) is 5.72. The van der Waals surface area contributed by atoms with Gasteiger partial charge in [0.25, 0.3) is 0 Å². The van der Waals surface area contributed by atoms with E-state index in [4.69, 9.17) is 9.26 Å². The first-order valence-corrected chi connectivity index (χ1v) is 7.73. The van der Waals surface area contributed by atoms with Crippen LogP contribution in [-0.2, 0) is 21.5 Å². The Hall–Kier alpha value is -1.43. The molecular formula is C15H25N3O3. The van der Waals surface area contributed by atoms with Gasteiger partial charge in [0.2, 0.25) is 5.89 Å². The molecule has 0 atom stereocenters. The fourth-order valence-electron chi connectivity index (χ4n) is 2.90. The van der Waals surface area contributed by atoms with Crippen molar-refractivity contribution in [1.29, 1.82) is 0 Å². The number of carbonyl (C=O) groups is 1. The minimum atomic E-state index is -0.746. The lowest BCUT2D eigenvalue weighted by atomic mass is 9.80. The van der Waals surface area contributed by atoms with Crippen LogP contribution in [0.5, 0.6) is 0 Å². The smallest absolute Gasteiger partial charge is 0.321 e. The van der Waals surface area contributed by atoms with Gasteiger partial charge in [0.05, 0.1) is 13.2 Å². The molecule has 1 aromatic heterocycles. The largest absolute Gasteiger partial charge is 0.465 e. The van der Waals surface area contributed by atoms with Crippen molar-refractivity contribution in [2.24, 2.45) is 0 Å². The molecular weight excluding hydrogens is 270 g/mol.